The molecule has 0 aromatic carbocycles. The minimum Gasteiger partial charge on any atom is -0.479 e. The maximum Gasteiger partial charge on any atom is 0.341 e. The quantitative estimate of drug-likeness (QED) is 0.784. The normalized spacial score (nSPS) is 15.3. The molecule has 0 aliphatic rings. The van der Waals surface area contributed by atoms with Crippen LogP contribution < -0.4 is 0 Å². The van der Waals surface area contributed by atoms with Gasteiger partial charge in [0.25, 0.3) is 0 Å². The Morgan fingerprint density at radius 3 is 2.69 bits per heavy atom. The van der Waals surface area contributed by atoms with Crippen LogP contribution in [0.15, 0.2) is 11.4 Å². The molecule has 0 radical (unpaired) electrons. The van der Waals surface area contributed by atoms with Gasteiger partial charge in [0.1, 0.15) is 6.10 Å². The molecule has 0 aliphatic carbocycles. The zero-order valence-corrected chi connectivity index (χ0v) is 7.71. The number of rotatable bonds is 3. The third-order valence-corrected chi connectivity index (χ3v) is 2.77. The molecule has 1 aromatic rings. The minimum absolute atomic E-state index is 0.370. The van der Waals surface area contributed by atoms with E-state index in [-0.39, 0.29) is 0 Å². The molecular weight excluding hydrogens is 195 g/mol. The van der Waals surface area contributed by atoms with E-state index in [1.165, 1.54) is 0 Å². The first-order valence-electron chi connectivity index (χ1n) is 3.63. The lowest BCUT2D eigenvalue weighted by atomic mass is 10.1. The van der Waals surface area contributed by atoms with Gasteiger partial charge in [-0.05, 0) is 23.9 Å². The van der Waals surface area contributed by atoms with Crippen molar-refractivity contribution in [3.8, 4) is 0 Å². The van der Waals surface area contributed by atoms with Gasteiger partial charge < -0.3 is 10.2 Å². The average molecular weight is 204 g/mol. The number of thiophene rings is 1. The third kappa shape index (κ3) is 2.05. The van der Waals surface area contributed by atoms with E-state index in [1.807, 2.05) is 0 Å². The van der Waals surface area contributed by atoms with Crippen molar-refractivity contribution in [3.63, 3.8) is 0 Å². The lowest BCUT2D eigenvalue weighted by Gasteiger charge is -2.10. The molecule has 0 bridgehead atoms. The van der Waals surface area contributed by atoms with Crippen LogP contribution in [-0.2, 0) is 4.79 Å². The molecule has 2 atom stereocenters. The van der Waals surface area contributed by atoms with Crippen LogP contribution in [0.3, 0.4) is 0 Å². The Labute approximate surface area is 78.4 Å². The number of aliphatic hydroxyl groups excluding tert-OH is 1. The molecule has 5 heteroatoms. The Morgan fingerprint density at radius 2 is 2.31 bits per heavy atom. The second kappa shape index (κ2) is 3.85. The second-order valence-corrected chi connectivity index (χ2v) is 3.60. The summed E-state index contributed by atoms with van der Waals surface area (Å²) in [5.74, 6) is -1.64. The predicted octanol–water partition coefficient (Wildman–Crippen LogP) is 1.51. The first kappa shape index (κ1) is 10.1. The van der Waals surface area contributed by atoms with Crippen molar-refractivity contribution in [2.75, 3.05) is 0 Å². The number of aryl methyl sites for hydroxylation is 1. The second-order valence-electron chi connectivity index (χ2n) is 2.65. The fraction of sp³-hybridized carbons (Fsp3) is 0.375. The Kier molecular flexibility index (Phi) is 3.00. The number of aliphatic carboxylic acids is 1. The van der Waals surface area contributed by atoms with E-state index in [2.05, 4.69) is 0 Å². The molecule has 2 N–H and O–H groups in total. The summed E-state index contributed by atoms with van der Waals surface area (Å²) < 4.78 is 12.8. The molecule has 0 saturated heterocycles. The summed E-state index contributed by atoms with van der Waals surface area (Å²) in [6, 6.07) is 1.71. The van der Waals surface area contributed by atoms with Gasteiger partial charge in [-0.25, -0.2) is 9.18 Å². The maximum absolute atomic E-state index is 12.8. The summed E-state index contributed by atoms with van der Waals surface area (Å²) >= 11 is 1.15. The van der Waals surface area contributed by atoms with Crippen molar-refractivity contribution in [2.45, 2.75) is 19.2 Å². The van der Waals surface area contributed by atoms with Crippen LogP contribution in [-0.4, -0.2) is 22.4 Å². The van der Waals surface area contributed by atoms with Gasteiger partial charge in [-0.1, -0.05) is 0 Å². The molecule has 72 valence electrons. The smallest absolute Gasteiger partial charge is 0.341 e. The first-order chi connectivity index (χ1) is 6.04. The number of aliphatic hydroxyl groups is 1. The monoisotopic (exact) mass is 204 g/mol. The third-order valence-electron chi connectivity index (χ3n) is 1.68. The van der Waals surface area contributed by atoms with Gasteiger partial charge >= 0.3 is 5.97 Å². The van der Waals surface area contributed by atoms with E-state index in [0.29, 0.717) is 10.4 Å². The van der Waals surface area contributed by atoms with E-state index < -0.39 is 18.2 Å². The van der Waals surface area contributed by atoms with E-state index in [4.69, 9.17) is 5.11 Å². The molecule has 0 fully saturated rings. The van der Waals surface area contributed by atoms with Crippen molar-refractivity contribution in [1.82, 2.24) is 0 Å². The Hall–Kier alpha value is -0.940. The van der Waals surface area contributed by atoms with Crippen LogP contribution in [0.4, 0.5) is 4.39 Å². The Bertz CT molecular complexity index is 310. The molecule has 1 heterocycles. The van der Waals surface area contributed by atoms with E-state index in [1.54, 1.807) is 18.4 Å². The number of carboxylic acids is 1. The summed E-state index contributed by atoms with van der Waals surface area (Å²) in [4.78, 5) is 10.6. The summed E-state index contributed by atoms with van der Waals surface area (Å²) in [5, 5.41) is 19.3. The van der Waals surface area contributed by atoms with E-state index in [0.717, 1.165) is 11.3 Å². The molecule has 2 unspecified atom stereocenters. The fourth-order valence-electron chi connectivity index (χ4n) is 0.955. The van der Waals surface area contributed by atoms with Gasteiger partial charge in [0, 0.05) is 4.88 Å². The van der Waals surface area contributed by atoms with Gasteiger partial charge in [0.2, 0.25) is 6.17 Å². The predicted molar refractivity (Wildman–Crippen MR) is 46.5 cm³/mol. The van der Waals surface area contributed by atoms with Gasteiger partial charge in [0.15, 0.2) is 0 Å². The number of hydrogen-bond acceptors (Lipinski definition) is 3. The minimum atomic E-state index is -2.25. The SMILES string of the molecule is Cc1ccsc1C(O)C(F)C(=O)O. The average Bonchev–Trinajstić information content (AvgIpc) is 2.48. The van der Waals surface area contributed by atoms with Crippen molar-refractivity contribution < 1.29 is 19.4 Å². The number of halogens is 1. The molecule has 1 aromatic heterocycles. The van der Waals surface area contributed by atoms with E-state index >= 15 is 0 Å². The maximum atomic E-state index is 12.8. The van der Waals surface area contributed by atoms with Crippen molar-refractivity contribution in [2.24, 2.45) is 0 Å². The number of alkyl halides is 1. The highest BCUT2D eigenvalue weighted by Crippen LogP contribution is 2.27. The lowest BCUT2D eigenvalue weighted by Crippen LogP contribution is -2.22. The topological polar surface area (TPSA) is 57.5 Å². The highest BCUT2D eigenvalue weighted by Gasteiger charge is 2.28. The van der Waals surface area contributed by atoms with Crippen LogP contribution in [0, 0.1) is 6.92 Å². The Balaban J connectivity index is 2.85. The molecule has 1 rings (SSSR count). The molecule has 3 nitrogen and oxygen atoms in total. The standard InChI is InChI=1S/C8H9FO3S/c1-4-2-3-13-7(4)6(10)5(9)8(11)12/h2-3,5-6,10H,1H3,(H,11,12). The molecule has 0 spiro atoms. The summed E-state index contributed by atoms with van der Waals surface area (Å²) in [6.07, 6.45) is -3.81. The number of carbonyl (C=O) groups is 1. The zero-order valence-electron chi connectivity index (χ0n) is 6.90. The molecule has 0 aliphatic heterocycles. The van der Waals surface area contributed by atoms with Crippen LogP contribution in [0.5, 0.6) is 0 Å². The number of hydrogen-bond donors (Lipinski definition) is 2. The zero-order chi connectivity index (χ0) is 10.0. The number of carboxylic acid groups (broad SMARTS) is 1. The van der Waals surface area contributed by atoms with Crippen LogP contribution in [0.2, 0.25) is 0 Å². The molecule has 0 amide bonds. The highest BCUT2D eigenvalue weighted by atomic mass is 32.1. The fourth-order valence-corrected chi connectivity index (χ4v) is 1.89. The van der Waals surface area contributed by atoms with Gasteiger partial charge in [0.05, 0.1) is 0 Å². The first-order valence-corrected chi connectivity index (χ1v) is 4.51. The Morgan fingerprint density at radius 1 is 1.69 bits per heavy atom. The van der Waals surface area contributed by atoms with Crippen molar-refractivity contribution in [3.05, 3.63) is 21.9 Å². The molecule has 0 saturated carbocycles. The van der Waals surface area contributed by atoms with Crippen LogP contribution >= 0.6 is 11.3 Å². The summed E-state index contributed by atoms with van der Waals surface area (Å²) in [6.45, 7) is 1.70. The van der Waals surface area contributed by atoms with Gasteiger partial charge in [-0.15, -0.1) is 11.3 Å². The summed E-state index contributed by atoms with van der Waals surface area (Å²) in [7, 11) is 0. The summed E-state index contributed by atoms with van der Waals surface area (Å²) in [5.41, 5.74) is 0.710. The van der Waals surface area contributed by atoms with Crippen molar-refractivity contribution >= 4 is 17.3 Å². The molecule has 13 heavy (non-hydrogen) atoms. The van der Waals surface area contributed by atoms with Gasteiger partial charge in [-0.2, -0.15) is 0 Å². The van der Waals surface area contributed by atoms with E-state index in [9.17, 15) is 14.3 Å². The highest BCUT2D eigenvalue weighted by molar-refractivity contribution is 7.10. The van der Waals surface area contributed by atoms with Crippen LogP contribution in [0.25, 0.3) is 0 Å². The molecular formula is C8H9FO3S. The lowest BCUT2D eigenvalue weighted by molar-refractivity contribution is -0.147. The van der Waals surface area contributed by atoms with Crippen molar-refractivity contribution in [1.29, 1.82) is 0 Å². The van der Waals surface area contributed by atoms with Crippen LogP contribution in [0.1, 0.15) is 16.5 Å². The largest absolute Gasteiger partial charge is 0.479 e. The van der Waals surface area contributed by atoms with Gasteiger partial charge in [-0.3, -0.25) is 0 Å².